The fraction of sp³-hybridized carbons (Fsp3) is 0.462. The molecule has 2 aromatic carbocycles. The van der Waals surface area contributed by atoms with Crippen LogP contribution in [0.15, 0.2) is 53.4 Å². The number of carbonyl (C=O) groups excluding carboxylic acids is 2. The summed E-state index contributed by atoms with van der Waals surface area (Å²) in [6, 6.07) is 9.68. The molecule has 2 fully saturated rings. The molecule has 38 heavy (non-hydrogen) atoms. The Hall–Kier alpha value is -2.96. The number of alkyl halides is 3. The average molecular weight is 554 g/mol. The average Bonchev–Trinajstić information content (AvgIpc) is 3.70. The zero-order chi connectivity index (χ0) is 27.5. The molecule has 1 saturated carbocycles. The van der Waals surface area contributed by atoms with Crippen LogP contribution in [0.5, 0.6) is 0 Å². The summed E-state index contributed by atoms with van der Waals surface area (Å²) in [5, 5.41) is 2.78. The van der Waals surface area contributed by atoms with Gasteiger partial charge in [-0.1, -0.05) is 6.07 Å². The first-order valence-electron chi connectivity index (χ1n) is 12.5. The number of likely N-dealkylation sites (tertiary alicyclic amines) is 1. The number of halogens is 3. The number of anilines is 1. The number of amides is 1. The number of hydrogen-bond donors (Lipinski definition) is 1. The first kappa shape index (κ1) is 28.1. The molecule has 0 unspecified atom stereocenters. The first-order chi connectivity index (χ1) is 18.0. The van der Waals surface area contributed by atoms with Crippen LogP contribution in [-0.4, -0.2) is 67.8 Å². The zero-order valence-corrected chi connectivity index (χ0v) is 21.7. The summed E-state index contributed by atoms with van der Waals surface area (Å²) in [5.41, 5.74) is -0.0806. The van der Waals surface area contributed by atoms with E-state index in [4.69, 9.17) is 4.74 Å². The van der Waals surface area contributed by atoms with Gasteiger partial charge in [0.05, 0.1) is 29.2 Å². The molecular formula is C26H30F3N3O5S. The van der Waals surface area contributed by atoms with Crippen LogP contribution in [-0.2, 0) is 25.7 Å². The maximum Gasteiger partial charge on any atom is 0.416 e. The van der Waals surface area contributed by atoms with Crippen molar-refractivity contribution < 1.29 is 35.9 Å². The van der Waals surface area contributed by atoms with Gasteiger partial charge in [0.1, 0.15) is 0 Å². The molecule has 2 aliphatic rings. The summed E-state index contributed by atoms with van der Waals surface area (Å²) < 4.78 is 72.7. The number of benzene rings is 2. The molecular weight excluding hydrogens is 523 g/mol. The van der Waals surface area contributed by atoms with Gasteiger partial charge < -0.3 is 10.1 Å². The van der Waals surface area contributed by atoms with Gasteiger partial charge >= 0.3 is 12.1 Å². The highest BCUT2D eigenvalue weighted by molar-refractivity contribution is 7.89. The summed E-state index contributed by atoms with van der Waals surface area (Å²) in [6.07, 6.45) is -2.34. The van der Waals surface area contributed by atoms with Crippen molar-refractivity contribution in [2.45, 2.75) is 55.8 Å². The molecule has 4 rings (SSSR count). The SMILES string of the molecule is CCOC(=O)c1ccc(NC(=O)CN2CCC(N(C3CC3)S(=O)(=O)c3cccc(C(F)(F)F)c3)CC2)cc1. The van der Waals surface area contributed by atoms with Gasteiger partial charge in [-0.2, -0.15) is 17.5 Å². The number of piperidine rings is 1. The molecule has 8 nitrogen and oxygen atoms in total. The van der Waals surface area contributed by atoms with Crippen molar-refractivity contribution in [3.8, 4) is 0 Å². The first-order valence-corrected chi connectivity index (χ1v) is 13.9. The fourth-order valence-corrected chi connectivity index (χ4v) is 6.59. The Morgan fingerprint density at radius 2 is 1.66 bits per heavy atom. The summed E-state index contributed by atoms with van der Waals surface area (Å²) in [4.78, 5) is 25.9. The van der Waals surface area contributed by atoms with Crippen LogP contribution < -0.4 is 5.32 Å². The number of sulfonamides is 1. The Morgan fingerprint density at radius 1 is 1.03 bits per heavy atom. The van der Waals surface area contributed by atoms with E-state index in [1.165, 1.54) is 10.4 Å². The van der Waals surface area contributed by atoms with Crippen LogP contribution in [0.3, 0.4) is 0 Å². The third kappa shape index (κ3) is 6.72. The Kier molecular flexibility index (Phi) is 8.43. The van der Waals surface area contributed by atoms with Crippen molar-refractivity contribution in [2.75, 3.05) is 31.6 Å². The minimum atomic E-state index is -4.63. The minimum absolute atomic E-state index is 0.107. The van der Waals surface area contributed by atoms with Crippen molar-refractivity contribution in [2.24, 2.45) is 0 Å². The molecule has 1 aliphatic heterocycles. The third-order valence-corrected chi connectivity index (χ3v) is 8.61. The van der Waals surface area contributed by atoms with Crippen LogP contribution in [0.4, 0.5) is 18.9 Å². The van der Waals surface area contributed by atoms with Crippen LogP contribution in [0.2, 0.25) is 0 Å². The lowest BCUT2D eigenvalue weighted by Gasteiger charge is -2.37. The largest absolute Gasteiger partial charge is 0.462 e. The standard InChI is InChI=1S/C26H30F3N3O5S/c1-2-37-25(34)18-6-8-20(9-7-18)30-24(33)17-31-14-12-22(13-15-31)32(21-10-11-21)38(35,36)23-5-3-4-19(16-23)26(27,28)29/h3-9,16,21-22H,2,10-15,17H2,1H3,(H,30,33). The predicted octanol–water partition coefficient (Wildman–Crippen LogP) is 4.14. The highest BCUT2D eigenvalue weighted by Crippen LogP contribution is 2.38. The van der Waals surface area contributed by atoms with Gasteiger partial charge in [-0.25, -0.2) is 13.2 Å². The van der Waals surface area contributed by atoms with Crippen molar-refractivity contribution >= 4 is 27.6 Å². The smallest absolute Gasteiger partial charge is 0.416 e. The second-order valence-electron chi connectivity index (χ2n) is 9.45. The van der Waals surface area contributed by atoms with E-state index in [0.29, 0.717) is 56.1 Å². The van der Waals surface area contributed by atoms with Gasteiger partial charge in [0, 0.05) is 30.9 Å². The number of esters is 1. The normalized spacial score (nSPS) is 17.4. The van der Waals surface area contributed by atoms with Crippen molar-refractivity contribution in [1.82, 2.24) is 9.21 Å². The van der Waals surface area contributed by atoms with Gasteiger partial charge in [-0.3, -0.25) is 9.69 Å². The molecule has 0 radical (unpaired) electrons. The monoisotopic (exact) mass is 553 g/mol. The molecule has 1 amide bonds. The lowest BCUT2D eigenvalue weighted by Crippen LogP contribution is -2.49. The van der Waals surface area contributed by atoms with E-state index in [9.17, 15) is 31.2 Å². The summed E-state index contributed by atoms with van der Waals surface area (Å²) in [5.74, 6) is -0.688. The zero-order valence-electron chi connectivity index (χ0n) is 20.9. The van der Waals surface area contributed by atoms with Gasteiger partial charge in [-0.15, -0.1) is 0 Å². The summed E-state index contributed by atoms with van der Waals surface area (Å²) in [7, 11) is -4.11. The second kappa shape index (κ2) is 11.4. The molecule has 0 bridgehead atoms. The number of ether oxygens (including phenoxy) is 1. The fourth-order valence-electron chi connectivity index (χ4n) is 4.61. The van der Waals surface area contributed by atoms with Crippen molar-refractivity contribution in [3.05, 3.63) is 59.7 Å². The maximum absolute atomic E-state index is 13.4. The molecule has 0 spiro atoms. The van der Waals surface area contributed by atoms with E-state index in [2.05, 4.69) is 5.32 Å². The molecule has 12 heteroatoms. The van der Waals surface area contributed by atoms with Crippen LogP contribution in [0.25, 0.3) is 0 Å². The van der Waals surface area contributed by atoms with E-state index >= 15 is 0 Å². The van der Waals surface area contributed by atoms with Crippen molar-refractivity contribution in [3.63, 3.8) is 0 Å². The minimum Gasteiger partial charge on any atom is -0.462 e. The number of carbonyl (C=O) groups is 2. The van der Waals surface area contributed by atoms with E-state index < -0.39 is 27.7 Å². The van der Waals surface area contributed by atoms with E-state index in [-0.39, 0.29) is 36.0 Å². The second-order valence-corrected chi connectivity index (χ2v) is 11.3. The Morgan fingerprint density at radius 3 is 2.24 bits per heavy atom. The molecule has 1 heterocycles. The maximum atomic E-state index is 13.4. The number of nitrogens with one attached hydrogen (secondary N) is 1. The Bertz CT molecular complexity index is 1260. The predicted molar refractivity (Wildman–Crippen MR) is 134 cm³/mol. The summed E-state index contributed by atoms with van der Waals surface area (Å²) >= 11 is 0. The lowest BCUT2D eigenvalue weighted by molar-refractivity contribution is -0.137. The number of hydrogen-bond acceptors (Lipinski definition) is 6. The molecule has 1 aliphatic carbocycles. The highest BCUT2D eigenvalue weighted by atomic mass is 32.2. The topological polar surface area (TPSA) is 96.0 Å². The van der Waals surface area contributed by atoms with E-state index in [0.717, 1.165) is 12.1 Å². The third-order valence-electron chi connectivity index (χ3n) is 6.61. The van der Waals surface area contributed by atoms with Gasteiger partial charge in [0.25, 0.3) is 0 Å². The molecule has 1 saturated heterocycles. The Balaban J connectivity index is 1.35. The molecule has 0 atom stereocenters. The number of rotatable bonds is 9. The van der Waals surface area contributed by atoms with Crippen molar-refractivity contribution in [1.29, 1.82) is 0 Å². The molecule has 0 aromatic heterocycles. The Labute approximate surface area is 219 Å². The van der Waals surface area contributed by atoms with Crippen LogP contribution in [0, 0.1) is 0 Å². The highest BCUT2D eigenvalue weighted by Gasteiger charge is 2.44. The summed E-state index contributed by atoms with van der Waals surface area (Å²) in [6.45, 7) is 3.04. The van der Waals surface area contributed by atoms with E-state index in [1.54, 1.807) is 31.2 Å². The lowest BCUT2D eigenvalue weighted by atomic mass is 10.0. The number of nitrogens with zero attached hydrogens (tertiary/aromatic N) is 2. The van der Waals surface area contributed by atoms with Gasteiger partial charge in [0.15, 0.2) is 0 Å². The van der Waals surface area contributed by atoms with Crippen LogP contribution in [0.1, 0.15) is 48.5 Å². The van der Waals surface area contributed by atoms with Gasteiger partial charge in [0.2, 0.25) is 15.9 Å². The van der Waals surface area contributed by atoms with Gasteiger partial charge in [-0.05, 0) is 75.1 Å². The molecule has 1 N–H and O–H groups in total. The molecule has 206 valence electrons. The van der Waals surface area contributed by atoms with Crippen LogP contribution >= 0.6 is 0 Å². The molecule has 2 aromatic rings. The quantitative estimate of drug-likeness (QED) is 0.469. The van der Waals surface area contributed by atoms with E-state index in [1.807, 2.05) is 4.90 Å².